The molecule has 3 aliphatic rings. The molecule has 0 aromatic heterocycles. The van der Waals surface area contributed by atoms with E-state index >= 15 is 0 Å². The van der Waals surface area contributed by atoms with Gasteiger partial charge in [-0.05, 0) is 56.7 Å². The summed E-state index contributed by atoms with van der Waals surface area (Å²) in [7, 11) is 0. The van der Waals surface area contributed by atoms with Crippen LogP contribution >= 0.6 is 0 Å². The number of allylic oxidation sites excluding steroid dienone is 1. The van der Waals surface area contributed by atoms with E-state index in [-0.39, 0.29) is 37.8 Å². The molecule has 3 N–H and O–H groups in total. The Bertz CT molecular complexity index is 1120. The first-order valence-corrected chi connectivity index (χ1v) is 12.8. The van der Waals surface area contributed by atoms with Crippen LogP contribution in [0.4, 0.5) is 32.0 Å². The number of hydrogen-bond donors (Lipinski definition) is 3. The number of hydrogen-bond acceptors (Lipinski definition) is 4. The number of aliphatic carboxylic acids is 1. The van der Waals surface area contributed by atoms with Gasteiger partial charge in [-0.2, -0.15) is 26.3 Å². The molecule has 2 aliphatic heterocycles. The van der Waals surface area contributed by atoms with Crippen molar-refractivity contribution in [3.05, 3.63) is 41.5 Å². The number of nitrogens with one attached hydrogen (secondary N) is 2. The number of amides is 2. The second-order valence-corrected chi connectivity index (χ2v) is 10.3. The molecule has 0 spiro atoms. The van der Waals surface area contributed by atoms with E-state index in [0.717, 1.165) is 0 Å². The Morgan fingerprint density at radius 1 is 0.974 bits per heavy atom. The third-order valence-corrected chi connectivity index (χ3v) is 7.54. The zero-order chi connectivity index (χ0) is 28.6. The molecular formula is C26H29F6N3O4. The number of fused-ring (bicyclic) bond motifs is 2. The molecule has 1 aromatic rings. The van der Waals surface area contributed by atoms with E-state index in [2.05, 4.69) is 10.6 Å². The summed E-state index contributed by atoms with van der Waals surface area (Å²) in [6, 6.07) is -1.12. The van der Waals surface area contributed by atoms with Crippen LogP contribution in [0.15, 0.2) is 30.4 Å². The predicted molar refractivity (Wildman–Crippen MR) is 127 cm³/mol. The lowest BCUT2D eigenvalue weighted by Crippen LogP contribution is -2.55. The molecule has 0 bridgehead atoms. The van der Waals surface area contributed by atoms with Gasteiger partial charge in [0, 0.05) is 18.2 Å². The number of nitrogens with zero attached hydrogens (tertiary/aromatic N) is 1. The smallest absolute Gasteiger partial charge is 0.416 e. The third-order valence-electron chi connectivity index (χ3n) is 7.54. The van der Waals surface area contributed by atoms with Gasteiger partial charge in [0.15, 0.2) is 0 Å². The molecule has 214 valence electrons. The van der Waals surface area contributed by atoms with E-state index in [1.807, 2.05) is 6.08 Å². The Morgan fingerprint density at radius 2 is 1.64 bits per heavy atom. The van der Waals surface area contributed by atoms with Gasteiger partial charge in [0.25, 0.3) is 0 Å². The fourth-order valence-electron chi connectivity index (χ4n) is 5.31. The van der Waals surface area contributed by atoms with Crippen molar-refractivity contribution in [1.82, 2.24) is 10.2 Å². The van der Waals surface area contributed by atoms with Crippen LogP contribution < -0.4 is 10.6 Å². The molecule has 0 radical (unpaired) electrons. The van der Waals surface area contributed by atoms with Crippen molar-refractivity contribution in [2.24, 2.45) is 5.92 Å². The maximum absolute atomic E-state index is 13.6. The third kappa shape index (κ3) is 6.33. The summed E-state index contributed by atoms with van der Waals surface area (Å²) in [4.78, 5) is 39.9. The van der Waals surface area contributed by atoms with Gasteiger partial charge in [-0.3, -0.25) is 9.59 Å². The number of carboxylic acid groups (broad SMARTS) is 1. The highest BCUT2D eigenvalue weighted by atomic mass is 19.4. The highest BCUT2D eigenvalue weighted by Crippen LogP contribution is 2.45. The second kappa shape index (κ2) is 10.7. The summed E-state index contributed by atoms with van der Waals surface area (Å²) in [5.41, 5.74) is -4.99. The number of alkyl halides is 6. The molecule has 2 fully saturated rings. The number of halogens is 6. The predicted octanol–water partition coefficient (Wildman–Crippen LogP) is 4.98. The van der Waals surface area contributed by atoms with Crippen LogP contribution in [0.5, 0.6) is 0 Å². The van der Waals surface area contributed by atoms with Crippen molar-refractivity contribution in [3.63, 3.8) is 0 Å². The molecule has 1 saturated heterocycles. The first-order chi connectivity index (χ1) is 18.2. The van der Waals surface area contributed by atoms with Crippen LogP contribution in [-0.2, 0) is 26.7 Å². The number of benzene rings is 1. The van der Waals surface area contributed by atoms with Crippen LogP contribution in [0.1, 0.15) is 62.5 Å². The van der Waals surface area contributed by atoms with E-state index in [4.69, 9.17) is 0 Å². The standard InChI is InChI=1S/C26H29F6N3O4/c27-25(28,29)16-11-17(26(30,31)32)13-18(12-16)33-19-8-5-3-1-2-4-7-15-14-24(15,23(38)39)34-21(36)20-9-6-10-35(20)22(19)37/h4,7,11-13,15,19-20,33H,1-3,5-6,8-10,14H2,(H,34,36)(H,38,39)/b7-4-/t15-,19+,20+,24-/m1/s1. The minimum atomic E-state index is -5.05. The van der Waals surface area contributed by atoms with Crippen molar-refractivity contribution >= 4 is 23.5 Å². The number of rotatable bonds is 3. The van der Waals surface area contributed by atoms with Crippen LogP contribution in [-0.4, -0.2) is 52.0 Å². The Hall–Kier alpha value is -3.25. The average molecular weight is 562 g/mol. The molecular weight excluding hydrogens is 532 g/mol. The average Bonchev–Trinajstić information content (AvgIpc) is 3.31. The highest BCUT2D eigenvalue weighted by molar-refractivity contribution is 5.96. The van der Waals surface area contributed by atoms with Gasteiger partial charge in [-0.1, -0.05) is 25.0 Å². The largest absolute Gasteiger partial charge is 0.479 e. The van der Waals surface area contributed by atoms with Crippen molar-refractivity contribution in [2.45, 2.75) is 81.3 Å². The van der Waals surface area contributed by atoms with E-state index in [0.29, 0.717) is 44.2 Å². The quantitative estimate of drug-likeness (QED) is 0.358. The first kappa shape index (κ1) is 28.8. The molecule has 2 heterocycles. The normalized spacial score (nSPS) is 29.4. The first-order valence-electron chi connectivity index (χ1n) is 12.8. The number of carbonyl (C=O) groups is 3. The maximum Gasteiger partial charge on any atom is 0.416 e. The summed E-state index contributed by atoms with van der Waals surface area (Å²) in [5, 5.41) is 14.9. The molecule has 4 rings (SSSR count). The summed E-state index contributed by atoms with van der Waals surface area (Å²) >= 11 is 0. The van der Waals surface area contributed by atoms with Crippen molar-refractivity contribution in [2.75, 3.05) is 11.9 Å². The second-order valence-electron chi connectivity index (χ2n) is 10.3. The van der Waals surface area contributed by atoms with Gasteiger partial charge < -0.3 is 20.6 Å². The minimum absolute atomic E-state index is 0.0151. The lowest BCUT2D eigenvalue weighted by Gasteiger charge is -2.30. The van der Waals surface area contributed by atoms with E-state index in [1.54, 1.807) is 6.08 Å². The molecule has 13 heteroatoms. The zero-order valence-corrected chi connectivity index (χ0v) is 20.9. The molecule has 1 aromatic carbocycles. The summed E-state index contributed by atoms with van der Waals surface area (Å²) in [5.74, 6) is -2.85. The zero-order valence-electron chi connectivity index (χ0n) is 20.9. The van der Waals surface area contributed by atoms with Crippen LogP contribution in [0.25, 0.3) is 0 Å². The molecule has 4 atom stereocenters. The topological polar surface area (TPSA) is 98.7 Å². The molecule has 2 amide bonds. The van der Waals surface area contributed by atoms with Crippen molar-refractivity contribution in [1.29, 1.82) is 0 Å². The molecule has 39 heavy (non-hydrogen) atoms. The molecule has 7 nitrogen and oxygen atoms in total. The lowest BCUT2D eigenvalue weighted by atomic mass is 10.0. The number of carbonyl (C=O) groups excluding carboxylic acids is 2. The van der Waals surface area contributed by atoms with Crippen LogP contribution in [0.3, 0.4) is 0 Å². The molecule has 1 saturated carbocycles. The Kier molecular flexibility index (Phi) is 7.91. The van der Waals surface area contributed by atoms with Crippen molar-refractivity contribution in [3.8, 4) is 0 Å². The Morgan fingerprint density at radius 3 is 2.26 bits per heavy atom. The summed E-state index contributed by atoms with van der Waals surface area (Å²) < 4.78 is 80.3. The maximum atomic E-state index is 13.6. The van der Waals surface area contributed by atoms with Gasteiger partial charge in [0.1, 0.15) is 17.6 Å². The van der Waals surface area contributed by atoms with Gasteiger partial charge in [0.2, 0.25) is 11.8 Å². The Labute approximate surface area is 220 Å². The van der Waals surface area contributed by atoms with E-state index in [9.17, 15) is 45.8 Å². The Balaban J connectivity index is 1.63. The minimum Gasteiger partial charge on any atom is -0.479 e. The van der Waals surface area contributed by atoms with Gasteiger partial charge in [-0.15, -0.1) is 0 Å². The highest BCUT2D eigenvalue weighted by Gasteiger charge is 2.61. The summed E-state index contributed by atoms with van der Waals surface area (Å²) in [6.45, 7) is 0.148. The fourth-order valence-corrected chi connectivity index (χ4v) is 5.31. The van der Waals surface area contributed by atoms with Crippen LogP contribution in [0, 0.1) is 5.92 Å². The number of anilines is 1. The van der Waals surface area contributed by atoms with E-state index < -0.39 is 64.6 Å². The number of carboxylic acids is 1. The fraction of sp³-hybridized carbons (Fsp3) is 0.577. The lowest BCUT2D eigenvalue weighted by molar-refractivity contribution is -0.145. The summed E-state index contributed by atoms with van der Waals surface area (Å²) in [6.07, 6.45) is -3.09. The van der Waals surface area contributed by atoms with E-state index in [1.165, 1.54) is 4.90 Å². The van der Waals surface area contributed by atoms with Gasteiger partial charge in [0.05, 0.1) is 11.1 Å². The molecule has 1 aliphatic carbocycles. The molecule has 0 unspecified atom stereocenters. The SMILES string of the molecule is O=C1N[C@]2(C(=O)O)C[C@H]2/C=C\CCCCC[C@H](Nc2cc(C(F)(F)F)cc(C(F)(F)F)c2)C(=O)N2CCC[C@@H]12. The van der Waals surface area contributed by atoms with Gasteiger partial charge in [-0.25, -0.2) is 4.79 Å². The monoisotopic (exact) mass is 561 g/mol. The van der Waals surface area contributed by atoms with Gasteiger partial charge >= 0.3 is 18.3 Å². The van der Waals surface area contributed by atoms with Crippen molar-refractivity contribution < 1.29 is 45.8 Å². The van der Waals surface area contributed by atoms with Crippen LogP contribution in [0.2, 0.25) is 0 Å².